The fraction of sp³-hybridized carbons (Fsp3) is 0.241. The molecule has 1 saturated carbocycles. The highest BCUT2D eigenvalue weighted by Gasteiger charge is 2.27. The van der Waals surface area contributed by atoms with Gasteiger partial charge in [-0.15, -0.1) is 0 Å². The summed E-state index contributed by atoms with van der Waals surface area (Å²) in [7, 11) is 1.52. The first kappa shape index (κ1) is 26.9. The van der Waals surface area contributed by atoms with Gasteiger partial charge >= 0.3 is 0 Å². The molecule has 9 nitrogen and oxygen atoms in total. The zero-order valence-electron chi connectivity index (χ0n) is 21.7. The highest BCUT2D eigenvalue weighted by Crippen LogP contribution is 2.43. The average molecular weight is 547 g/mol. The second-order valence-electron chi connectivity index (χ2n) is 9.18. The van der Waals surface area contributed by atoms with Gasteiger partial charge in [-0.05, 0) is 36.5 Å². The van der Waals surface area contributed by atoms with Crippen LogP contribution in [-0.2, 0) is 6.54 Å². The first-order chi connectivity index (χ1) is 19.5. The molecule has 0 saturated heterocycles. The van der Waals surface area contributed by atoms with Crippen molar-refractivity contribution in [2.24, 2.45) is 0 Å². The standard InChI is InChI=1S/C29H28F2N6O3/c1-39-26-16-35-29(37-28(26)36-25-8-9-33-14-20(25)17-6-7-17)27(32)19-4-2-3-5-24(19)34-15-21-22(30)12-18(13-23(21)31)40-11-10-38/h2-5,8-9,12-14,16-17,32,34,38H,6-7,10-11,15H2,1H3,(H,33,35,36,37). The molecule has 0 bridgehead atoms. The van der Waals surface area contributed by atoms with Crippen LogP contribution in [-0.4, -0.2) is 46.1 Å². The van der Waals surface area contributed by atoms with Crippen LogP contribution in [0.2, 0.25) is 0 Å². The smallest absolute Gasteiger partial charge is 0.180 e. The monoisotopic (exact) mass is 546 g/mol. The Balaban J connectivity index is 1.38. The van der Waals surface area contributed by atoms with Crippen LogP contribution in [0, 0.1) is 17.0 Å². The minimum Gasteiger partial charge on any atom is -0.491 e. The van der Waals surface area contributed by atoms with E-state index in [1.807, 2.05) is 12.3 Å². The maximum atomic E-state index is 14.6. The van der Waals surface area contributed by atoms with Crippen molar-refractivity contribution in [1.29, 1.82) is 5.41 Å². The van der Waals surface area contributed by atoms with Crippen LogP contribution in [0.15, 0.2) is 61.1 Å². The Labute approximate surface area is 229 Å². The number of aliphatic hydroxyl groups excluding tert-OH is 1. The van der Waals surface area contributed by atoms with Gasteiger partial charge in [0.2, 0.25) is 0 Å². The third-order valence-corrected chi connectivity index (χ3v) is 6.45. The second kappa shape index (κ2) is 12.0. The Morgan fingerprint density at radius 2 is 1.88 bits per heavy atom. The van der Waals surface area contributed by atoms with Gasteiger partial charge < -0.3 is 25.2 Å². The minimum atomic E-state index is -0.788. The van der Waals surface area contributed by atoms with Crippen molar-refractivity contribution >= 4 is 22.9 Å². The fourth-order valence-corrected chi connectivity index (χ4v) is 4.25. The van der Waals surface area contributed by atoms with E-state index in [1.54, 1.807) is 30.5 Å². The fourth-order valence-electron chi connectivity index (χ4n) is 4.25. The summed E-state index contributed by atoms with van der Waals surface area (Å²) < 4.78 is 39.8. The SMILES string of the molecule is COc1cnc(C(=N)c2ccccc2NCc2c(F)cc(OCCO)cc2F)nc1Nc1ccncc1C1CC1. The Morgan fingerprint density at radius 3 is 2.60 bits per heavy atom. The maximum Gasteiger partial charge on any atom is 0.180 e. The van der Waals surface area contributed by atoms with Crippen LogP contribution >= 0.6 is 0 Å². The van der Waals surface area contributed by atoms with E-state index in [0.29, 0.717) is 28.7 Å². The lowest BCUT2D eigenvalue weighted by Crippen LogP contribution is -2.13. The lowest BCUT2D eigenvalue weighted by atomic mass is 10.1. The van der Waals surface area contributed by atoms with E-state index in [-0.39, 0.29) is 42.6 Å². The summed E-state index contributed by atoms with van der Waals surface area (Å²) in [5.41, 5.74) is 2.72. The average Bonchev–Trinajstić information content (AvgIpc) is 3.81. The molecule has 206 valence electrons. The number of pyridine rings is 1. The lowest BCUT2D eigenvalue weighted by molar-refractivity contribution is 0.200. The Bertz CT molecular complexity index is 1510. The number of nitrogens with zero attached hydrogens (tertiary/aromatic N) is 3. The van der Waals surface area contributed by atoms with Crippen molar-refractivity contribution in [3.05, 3.63) is 95.2 Å². The van der Waals surface area contributed by atoms with Crippen LogP contribution < -0.4 is 20.1 Å². The molecule has 0 unspecified atom stereocenters. The molecule has 1 aliphatic carbocycles. The molecule has 5 rings (SSSR count). The highest BCUT2D eigenvalue weighted by atomic mass is 19.1. The molecule has 0 radical (unpaired) electrons. The Hall–Kier alpha value is -4.64. The van der Waals surface area contributed by atoms with Gasteiger partial charge in [0.05, 0.1) is 19.9 Å². The minimum absolute atomic E-state index is 0.00735. The van der Waals surface area contributed by atoms with Gasteiger partial charge in [0, 0.05) is 53.6 Å². The molecule has 4 N–H and O–H groups in total. The molecule has 1 fully saturated rings. The summed E-state index contributed by atoms with van der Waals surface area (Å²) in [5.74, 6) is -0.164. The van der Waals surface area contributed by atoms with Crippen molar-refractivity contribution < 1.29 is 23.4 Å². The first-order valence-corrected chi connectivity index (χ1v) is 12.7. The number of ether oxygens (including phenoxy) is 2. The molecule has 0 atom stereocenters. The molecule has 2 aromatic carbocycles. The van der Waals surface area contributed by atoms with Gasteiger partial charge in [0.25, 0.3) is 0 Å². The molecular formula is C29H28F2N6O3. The molecule has 1 aliphatic rings. The number of nitrogens with one attached hydrogen (secondary N) is 3. The van der Waals surface area contributed by atoms with E-state index < -0.39 is 11.6 Å². The van der Waals surface area contributed by atoms with Gasteiger partial charge in [0.1, 0.15) is 29.7 Å². The van der Waals surface area contributed by atoms with Gasteiger partial charge in [-0.3, -0.25) is 10.4 Å². The van der Waals surface area contributed by atoms with Gasteiger partial charge in [-0.2, -0.15) is 0 Å². The van der Waals surface area contributed by atoms with Gasteiger partial charge in [-0.25, -0.2) is 18.7 Å². The van der Waals surface area contributed by atoms with Crippen LogP contribution in [0.3, 0.4) is 0 Å². The number of hydrogen-bond acceptors (Lipinski definition) is 9. The maximum absolute atomic E-state index is 14.6. The van der Waals surface area contributed by atoms with Gasteiger partial charge in [-0.1, -0.05) is 18.2 Å². The number of rotatable bonds is 12. The van der Waals surface area contributed by atoms with E-state index in [0.717, 1.165) is 36.2 Å². The number of methoxy groups -OCH3 is 1. The van der Waals surface area contributed by atoms with E-state index in [4.69, 9.17) is 20.0 Å². The van der Waals surface area contributed by atoms with E-state index in [9.17, 15) is 8.78 Å². The summed E-state index contributed by atoms with van der Waals surface area (Å²) in [6, 6.07) is 10.9. The summed E-state index contributed by atoms with van der Waals surface area (Å²) in [4.78, 5) is 13.2. The largest absolute Gasteiger partial charge is 0.491 e. The van der Waals surface area contributed by atoms with Gasteiger partial charge in [0.15, 0.2) is 17.4 Å². The second-order valence-corrected chi connectivity index (χ2v) is 9.18. The van der Waals surface area contributed by atoms with Crippen LogP contribution in [0.4, 0.5) is 26.0 Å². The lowest BCUT2D eigenvalue weighted by Gasteiger charge is -2.16. The van der Waals surface area contributed by atoms with Crippen molar-refractivity contribution in [1.82, 2.24) is 15.0 Å². The summed E-state index contributed by atoms with van der Waals surface area (Å²) in [5, 5.41) is 24.1. The normalized spacial score (nSPS) is 12.6. The molecule has 0 aliphatic heterocycles. The number of halogens is 2. The van der Waals surface area contributed by atoms with Crippen molar-refractivity contribution in [3.63, 3.8) is 0 Å². The Morgan fingerprint density at radius 1 is 1.10 bits per heavy atom. The number of hydrogen-bond donors (Lipinski definition) is 4. The summed E-state index contributed by atoms with van der Waals surface area (Å²) >= 11 is 0. The van der Waals surface area contributed by atoms with Crippen molar-refractivity contribution in [2.75, 3.05) is 31.0 Å². The molecule has 40 heavy (non-hydrogen) atoms. The third kappa shape index (κ3) is 5.99. The number of aromatic nitrogens is 3. The summed E-state index contributed by atoms with van der Waals surface area (Å²) in [6.45, 7) is -0.513. The molecule has 2 heterocycles. The van der Waals surface area contributed by atoms with Crippen molar-refractivity contribution in [3.8, 4) is 11.5 Å². The first-order valence-electron chi connectivity index (χ1n) is 12.7. The topological polar surface area (TPSA) is 125 Å². The van der Waals surface area contributed by atoms with Crippen LogP contribution in [0.25, 0.3) is 0 Å². The predicted octanol–water partition coefficient (Wildman–Crippen LogP) is 5.18. The van der Waals surface area contributed by atoms with E-state index in [1.165, 1.54) is 13.3 Å². The van der Waals surface area contributed by atoms with Crippen LogP contribution in [0.5, 0.6) is 11.5 Å². The molecule has 11 heteroatoms. The van der Waals surface area contributed by atoms with Crippen LogP contribution in [0.1, 0.15) is 41.3 Å². The zero-order chi connectivity index (χ0) is 28.1. The number of para-hydroxylation sites is 1. The highest BCUT2D eigenvalue weighted by molar-refractivity contribution is 6.12. The molecule has 2 aromatic heterocycles. The van der Waals surface area contributed by atoms with E-state index >= 15 is 0 Å². The third-order valence-electron chi connectivity index (χ3n) is 6.45. The molecule has 0 spiro atoms. The zero-order valence-corrected chi connectivity index (χ0v) is 21.7. The number of benzene rings is 2. The van der Waals surface area contributed by atoms with E-state index in [2.05, 4.69) is 25.6 Å². The molecular weight excluding hydrogens is 518 g/mol. The Kier molecular flexibility index (Phi) is 8.11. The molecule has 4 aromatic rings. The number of anilines is 3. The summed E-state index contributed by atoms with van der Waals surface area (Å²) in [6.07, 6.45) is 7.26. The number of aliphatic hydroxyl groups is 1. The predicted molar refractivity (Wildman–Crippen MR) is 147 cm³/mol. The molecule has 0 amide bonds. The van der Waals surface area contributed by atoms with Crippen molar-refractivity contribution in [2.45, 2.75) is 25.3 Å². The quantitative estimate of drug-likeness (QED) is 0.179.